The molecule has 0 aliphatic heterocycles. The van der Waals surface area contributed by atoms with E-state index in [-0.39, 0.29) is 24.9 Å². The van der Waals surface area contributed by atoms with Gasteiger partial charge in [-0.25, -0.2) is 4.39 Å². The molecule has 0 saturated carbocycles. The van der Waals surface area contributed by atoms with Crippen molar-refractivity contribution in [2.45, 2.75) is 13.2 Å². The highest BCUT2D eigenvalue weighted by molar-refractivity contribution is 9.10. The lowest BCUT2D eigenvalue weighted by Crippen LogP contribution is -2.13. The Labute approximate surface area is 197 Å². The van der Waals surface area contributed by atoms with E-state index in [4.69, 9.17) is 16.3 Å². The molecule has 4 aromatic rings. The summed E-state index contributed by atoms with van der Waals surface area (Å²) in [7, 11) is 0. The molecule has 1 heterocycles. The number of nitrogens with one attached hydrogen (secondary N) is 1. The van der Waals surface area contributed by atoms with Crippen LogP contribution in [0, 0.1) is 5.82 Å². The maximum atomic E-state index is 13.9. The molecule has 5 nitrogen and oxygen atoms in total. The van der Waals surface area contributed by atoms with Crippen molar-refractivity contribution in [2.24, 2.45) is 0 Å². The maximum absolute atomic E-state index is 13.9. The van der Waals surface area contributed by atoms with Gasteiger partial charge in [-0.3, -0.25) is 9.48 Å². The third-order valence-electron chi connectivity index (χ3n) is 4.66. The van der Waals surface area contributed by atoms with Gasteiger partial charge in [0.05, 0.1) is 16.0 Å². The molecular formula is C24H18BrClFN3O2. The molecule has 8 heteroatoms. The summed E-state index contributed by atoms with van der Waals surface area (Å²) in [6, 6.07) is 20.8. The topological polar surface area (TPSA) is 56.2 Å². The summed E-state index contributed by atoms with van der Waals surface area (Å²) in [5.41, 5.74) is 1.79. The Bertz CT molecular complexity index is 1260. The molecule has 0 atom stereocenters. The van der Waals surface area contributed by atoms with E-state index in [9.17, 15) is 9.18 Å². The Kier molecular flexibility index (Phi) is 6.87. The van der Waals surface area contributed by atoms with Crippen molar-refractivity contribution in [3.63, 3.8) is 0 Å². The SMILES string of the molecule is O=C(Nc1nn(Cc2ccccc2F)cc1Br)c1cccc(COc2ccccc2Cl)c1. The van der Waals surface area contributed by atoms with Gasteiger partial charge in [-0.15, -0.1) is 0 Å². The van der Waals surface area contributed by atoms with Crippen molar-refractivity contribution in [1.82, 2.24) is 9.78 Å². The van der Waals surface area contributed by atoms with E-state index in [2.05, 4.69) is 26.3 Å². The average Bonchev–Trinajstić information content (AvgIpc) is 3.13. The number of benzene rings is 3. The normalized spacial score (nSPS) is 10.7. The zero-order valence-electron chi connectivity index (χ0n) is 16.8. The van der Waals surface area contributed by atoms with Gasteiger partial charge in [0.2, 0.25) is 0 Å². The smallest absolute Gasteiger partial charge is 0.256 e. The summed E-state index contributed by atoms with van der Waals surface area (Å²) in [4.78, 5) is 12.8. The maximum Gasteiger partial charge on any atom is 0.256 e. The van der Waals surface area contributed by atoms with Crippen molar-refractivity contribution in [1.29, 1.82) is 0 Å². The van der Waals surface area contributed by atoms with E-state index in [1.54, 1.807) is 59.4 Å². The number of halogens is 3. The number of aromatic nitrogens is 2. The minimum absolute atomic E-state index is 0.246. The Balaban J connectivity index is 1.43. The summed E-state index contributed by atoms with van der Waals surface area (Å²) in [6.07, 6.45) is 1.69. The van der Waals surface area contributed by atoms with Crippen LogP contribution in [0.1, 0.15) is 21.5 Å². The monoisotopic (exact) mass is 513 g/mol. The van der Waals surface area contributed by atoms with Gasteiger partial charge >= 0.3 is 0 Å². The van der Waals surface area contributed by atoms with E-state index >= 15 is 0 Å². The number of hydrogen-bond donors (Lipinski definition) is 1. The average molecular weight is 515 g/mol. The Morgan fingerprint density at radius 2 is 1.88 bits per heavy atom. The molecule has 0 aliphatic carbocycles. The molecule has 4 rings (SSSR count). The highest BCUT2D eigenvalue weighted by Gasteiger charge is 2.14. The third kappa shape index (κ3) is 5.36. The summed E-state index contributed by atoms with van der Waals surface area (Å²) < 4.78 is 21.8. The van der Waals surface area contributed by atoms with Crippen molar-refractivity contribution in [3.05, 3.63) is 111 Å². The third-order valence-corrected chi connectivity index (χ3v) is 5.55. The van der Waals surface area contributed by atoms with E-state index in [0.29, 0.717) is 32.2 Å². The molecule has 0 unspecified atom stereocenters. The van der Waals surface area contributed by atoms with E-state index in [0.717, 1.165) is 5.56 Å². The van der Waals surface area contributed by atoms with E-state index in [1.807, 2.05) is 18.2 Å². The number of carbonyl (C=O) groups excluding carboxylic acids is 1. The minimum Gasteiger partial charge on any atom is -0.487 e. The minimum atomic E-state index is -0.318. The van der Waals surface area contributed by atoms with Crippen molar-refractivity contribution >= 4 is 39.3 Å². The molecule has 1 aromatic heterocycles. The number of nitrogens with zero attached hydrogens (tertiary/aromatic N) is 2. The van der Waals surface area contributed by atoms with Crippen LogP contribution in [0.3, 0.4) is 0 Å². The molecule has 0 spiro atoms. The van der Waals surface area contributed by atoms with Crippen LogP contribution < -0.4 is 10.1 Å². The fourth-order valence-electron chi connectivity index (χ4n) is 3.07. The molecule has 1 N–H and O–H groups in total. The molecule has 0 aliphatic rings. The first-order chi connectivity index (χ1) is 15.5. The molecule has 0 radical (unpaired) electrons. The van der Waals surface area contributed by atoms with Gasteiger partial charge in [0, 0.05) is 17.3 Å². The first-order valence-electron chi connectivity index (χ1n) is 9.73. The second kappa shape index (κ2) is 9.97. The molecule has 3 aromatic carbocycles. The second-order valence-electron chi connectivity index (χ2n) is 6.99. The number of para-hydroxylation sites is 1. The van der Waals surface area contributed by atoms with Crippen LogP contribution in [0.5, 0.6) is 5.75 Å². The Hall–Kier alpha value is -3.16. The molecule has 162 valence electrons. The lowest BCUT2D eigenvalue weighted by Gasteiger charge is -2.09. The van der Waals surface area contributed by atoms with Gasteiger partial charge < -0.3 is 10.1 Å². The van der Waals surface area contributed by atoms with Crippen LogP contribution in [0.2, 0.25) is 5.02 Å². The number of rotatable bonds is 7. The predicted octanol–water partition coefficient (Wildman–Crippen LogP) is 6.32. The van der Waals surface area contributed by atoms with Gasteiger partial charge in [-0.1, -0.05) is 54.1 Å². The number of anilines is 1. The molecule has 0 fully saturated rings. The predicted molar refractivity (Wildman–Crippen MR) is 126 cm³/mol. The van der Waals surface area contributed by atoms with Crippen LogP contribution in [0.15, 0.2) is 83.5 Å². The Morgan fingerprint density at radius 3 is 2.69 bits per heavy atom. The lowest BCUT2D eigenvalue weighted by atomic mass is 10.1. The van der Waals surface area contributed by atoms with E-state index in [1.165, 1.54) is 6.07 Å². The fraction of sp³-hybridized carbons (Fsp3) is 0.0833. The summed E-state index contributed by atoms with van der Waals surface area (Å²) in [5, 5.41) is 7.66. The first kappa shape index (κ1) is 22.0. The summed E-state index contributed by atoms with van der Waals surface area (Å²) >= 11 is 9.51. The first-order valence-corrected chi connectivity index (χ1v) is 10.9. The standard InChI is InChI=1S/C24H18BrClFN3O2/c25-19-14-30(13-18-7-1-3-10-21(18)27)29-23(19)28-24(31)17-8-5-6-16(12-17)15-32-22-11-4-2-9-20(22)26/h1-12,14H,13,15H2,(H,28,29,31). The molecule has 0 saturated heterocycles. The number of ether oxygens (including phenoxy) is 1. The van der Waals surface area contributed by atoms with Crippen LogP contribution in [-0.4, -0.2) is 15.7 Å². The van der Waals surface area contributed by atoms with Crippen LogP contribution in [-0.2, 0) is 13.2 Å². The van der Waals surface area contributed by atoms with Gasteiger partial charge in [-0.05, 0) is 51.8 Å². The number of carbonyl (C=O) groups is 1. The molecule has 32 heavy (non-hydrogen) atoms. The highest BCUT2D eigenvalue weighted by Crippen LogP contribution is 2.25. The van der Waals surface area contributed by atoms with Crippen LogP contribution in [0.25, 0.3) is 0 Å². The van der Waals surface area contributed by atoms with Gasteiger partial charge in [-0.2, -0.15) is 5.10 Å². The Morgan fingerprint density at radius 1 is 1.09 bits per heavy atom. The molecular weight excluding hydrogens is 497 g/mol. The largest absolute Gasteiger partial charge is 0.487 e. The van der Waals surface area contributed by atoms with Crippen molar-refractivity contribution in [3.8, 4) is 5.75 Å². The second-order valence-corrected chi connectivity index (χ2v) is 8.25. The number of amides is 1. The van der Waals surface area contributed by atoms with Crippen LogP contribution >= 0.6 is 27.5 Å². The van der Waals surface area contributed by atoms with Gasteiger partial charge in [0.15, 0.2) is 5.82 Å². The van der Waals surface area contributed by atoms with Crippen molar-refractivity contribution < 1.29 is 13.9 Å². The zero-order valence-corrected chi connectivity index (χ0v) is 19.1. The van der Waals surface area contributed by atoms with Crippen LogP contribution in [0.4, 0.5) is 10.2 Å². The molecule has 1 amide bonds. The molecule has 0 bridgehead atoms. The van der Waals surface area contributed by atoms with E-state index < -0.39 is 0 Å². The van der Waals surface area contributed by atoms with Crippen molar-refractivity contribution in [2.75, 3.05) is 5.32 Å². The fourth-order valence-corrected chi connectivity index (χ4v) is 3.67. The van der Waals surface area contributed by atoms with Gasteiger partial charge in [0.25, 0.3) is 5.91 Å². The number of hydrogen-bond acceptors (Lipinski definition) is 3. The van der Waals surface area contributed by atoms with Gasteiger partial charge in [0.1, 0.15) is 18.2 Å². The lowest BCUT2D eigenvalue weighted by molar-refractivity contribution is 0.102. The highest BCUT2D eigenvalue weighted by atomic mass is 79.9. The quantitative estimate of drug-likeness (QED) is 0.314. The summed E-state index contributed by atoms with van der Waals surface area (Å²) in [6.45, 7) is 0.516. The summed E-state index contributed by atoms with van der Waals surface area (Å²) in [5.74, 6) is 0.305. The zero-order chi connectivity index (χ0) is 22.5.